The highest BCUT2D eigenvalue weighted by molar-refractivity contribution is 5.93. The van der Waals surface area contributed by atoms with Gasteiger partial charge in [0, 0.05) is 35.4 Å². The lowest BCUT2D eigenvalue weighted by Crippen LogP contribution is -2.07. The number of pyridine rings is 1. The van der Waals surface area contributed by atoms with Gasteiger partial charge in [0.25, 0.3) is 0 Å². The van der Waals surface area contributed by atoms with Gasteiger partial charge >= 0.3 is 0 Å². The summed E-state index contributed by atoms with van der Waals surface area (Å²) >= 11 is 0. The van der Waals surface area contributed by atoms with E-state index in [9.17, 15) is 5.11 Å². The first kappa shape index (κ1) is 11.7. The minimum absolute atomic E-state index is 0.0950. The third kappa shape index (κ3) is 1.47. The molecule has 2 aromatic heterocycles. The van der Waals surface area contributed by atoms with Crippen LogP contribution in [0, 0.1) is 0 Å². The lowest BCUT2D eigenvalue weighted by molar-refractivity contribution is 0.282. The summed E-state index contributed by atoms with van der Waals surface area (Å²) in [4.78, 5) is 4.51. The molecule has 0 bridgehead atoms. The van der Waals surface area contributed by atoms with E-state index < -0.39 is 0 Å². The van der Waals surface area contributed by atoms with Crippen molar-refractivity contribution in [3.63, 3.8) is 0 Å². The number of aryl methyl sites for hydroxylation is 3. The molecule has 0 atom stereocenters. The van der Waals surface area contributed by atoms with E-state index in [1.165, 1.54) is 33.4 Å². The molecule has 3 aromatic rings. The maximum absolute atomic E-state index is 9.35. The van der Waals surface area contributed by atoms with Crippen molar-refractivity contribution >= 4 is 10.9 Å². The van der Waals surface area contributed by atoms with E-state index in [-0.39, 0.29) is 6.61 Å². The molecule has 1 aliphatic carbocycles. The van der Waals surface area contributed by atoms with Gasteiger partial charge in [-0.1, -0.05) is 6.07 Å². The van der Waals surface area contributed by atoms with E-state index in [0.29, 0.717) is 0 Å². The van der Waals surface area contributed by atoms with Gasteiger partial charge in [-0.2, -0.15) is 0 Å². The number of fused-ring (bicyclic) bond motifs is 5. The molecule has 3 nitrogen and oxygen atoms in total. The van der Waals surface area contributed by atoms with Crippen molar-refractivity contribution in [2.24, 2.45) is 7.05 Å². The lowest BCUT2D eigenvalue weighted by atomic mass is 9.92. The average molecular weight is 264 g/mol. The fourth-order valence-electron chi connectivity index (χ4n) is 3.36. The number of benzene rings is 1. The van der Waals surface area contributed by atoms with Gasteiger partial charge in [-0.25, -0.2) is 0 Å². The quantitative estimate of drug-likeness (QED) is 0.734. The van der Waals surface area contributed by atoms with Gasteiger partial charge in [-0.3, -0.25) is 4.98 Å². The number of aliphatic hydroxyl groups excluding tert-OH is 1. The SMILES string of the molecule is Cn1c2c(c3cc(CO)ccc31)CCc1ncccc1-2. The zero-order valence-corrected chi connectivity index (χ0v) is 11.4. The summed E-state index contributed by atoms with van der Waals surface area (Å²) in [6.45, 7) is 0.0950. The first-order valence-corrected chi connectivity index (χ1v) is 6.95. The number of rotatable bonds is 1. The van der Waals surface area contributed by atoms with Crippen LogP contribution in [0.2, 0.25) is 0 Å². The minimum atomic E-state index is 0.0950. The van der Waals surface area contributed by atoms with Crippen molar-refractivity contribution in [3.05, 3.63) is 53.3 Å². The van der Waals surface area contributed by atoms with Crippen LogP contribution in [0.25, 0.3) is 22.2 Å². The Morgan fingerprint density at radius 3 is 3.00 bits per heavy atom. The Morgan fingerprint density at radius 1 is 1.25 bits per heavy atom. The molecule has 0 aliphatic heterocycles. The van der Waals surface area contributed by atoms with Gasteiger partial charge in [0.2, 0.25) is 0 Å². The van der Waals surface area contributed by atoms with E-state index in [0.717, 1.165) is 18.4 Å². The topological polar surface area (TPSA) is 38.0 Å². The van der Waals surface area contributed by atoms with Gasteiger partial charge in [-0.05, 0) is 48.2 Å². The summed E-state index contributed by atoms with van der Waals surface area (Å²) in [5, 5.41) is 10.6. The molecule has 1 aromatic carbocycles. The molecule has 1 N–H and O–H groups in total. The Balaban J connectivity index is 2.09. The van der Waals surface area contributed by atoms with Crippen LogP contribution >= 0.6 is 0 Å². The molecular weight excluding hydrogens is 248 g/mol. The second-order valence-electron chi connectivity index (χ2n) is 5.39. The van der Waals surface area contributed by atoms with E-state index in [4.69, 9.17) is 0 Å². The van der Waals surface area contributed by atoms with Crippen molar-refractivity contribution in [1.29, 1.82) is 0 Å². The molecule has 1 aliphatic rings. The Labute approximate surface area is 117 Å². The highest BCUT2D eigenvalue weighted by Crippen LogP contribution is 2.38. The van der Waals surface area contributed by atoms with Crippen LogP contribution in [0.4, 0.5) is 0 Å². The molecule has 0 amide bonds. The maximum atomic E-state index is 9.35. The fraction of sp³-hybridized carbons (Fsp3) is 0.235. The molecule has 100 valence electrons. The van der Waals surface area contributed by atoms with Crippen LogP contribution in [0.1, 0.15) is 16.8 Å². The number of nitrogens with zero attached hydrogens (tertiary/aromatic N) is 2. The molecule has 0 saturated carbocycles. The molecule has 3 heteroatoms. The Hall–Kier alpha value is -2.13. The molecule has 0 fully saturated rings. The number of aromatic nitrogens is 2. The molecule has 0 unspecified atom stereocenters. The highest BCUT2D eigenvalue weighted by atomic mass is 16.3. The zero-order valence-electron chi connectivity index (χ0n) is 11.4. The molecule has 0 spiro atoms. The van der Waals surface area contributed by atoms with Crippen LogP contribution in [-0.4, -0.2) is 14.7 Å². The van der Waals surface area contributed by atoms with Crippen molar-refractivity contribution < 1.29 is 5.11 Å². The summed E-state index contributed by atoms with van der Waals surface area (Å²) < 4.78 is 2.26. The third-order valence-corrected chi connectivity index (χ3v) is 4.31. The second-order valence-corrected chi connectivity index (χ2v) is 5.39. The molecule has 0 radical (unpaired) electrons. The Bertz CT molecular complexity index is 817. The summed E-state index contributed by atoms with van der Waals surface area (Å²) in [6.07, 6.45) is 3.88. The van der Waals surface area contributed by atoms with Gasteiger partial charge in [0.1, 0.15) is 0 Å². The molecular formula is C17H16N2O. The van der Waals surface area contributed by atoms with Crippen molar-refractivity contribution in [1.82, 2.24) is 9.55 Å². The van der Waals surface area contributed by atoms with Crippen molar-refractivity contribution in [2.75, 3.05) is 0 Å². The monoisotopic (exact) mass is 264 g/mol. The second kappa shape index (κ2) is 4.18. The first-order valence-electron chi connectivity index (χ1n) is 6.95. The van der Waals surface area contributed by atoms with E-state index in [1.807, 2.05) is 18.3 Å². The van der Waals surface area contributed by atoms with Gasteiger partial charge in [0.15, 0.2) is 0 Å². The van der Waals surface area contributed by atoms with Crippen LogP contribution < -0.4 is 0 Å². The van der Waals surface area contributed by atoms with Gasteiger partial charge in [0.05, 0.1) is 12.3 Å². The maximum Gasteiger partial charge on any atom is 0.0682 e. The zero-order chi connectivity index (χ0) is 13.7. The average Bonchev–Trinajstić information content (AvgIpc) is 2.80. The van der Waals surface area contributed by atoms with E-state index in [1.54, 1.807) is 0 Å². The standard InChI is InChI=1S/C17H16N2O/c1-19-16-7-4-11(10-20)9-14(16)12-5-6-15-13(17(12)19)3-2-8-18-15/h2-4,7-9,20H,5-6,10H2,1H3. The lowest BCUT2D eigenvalue weighted by Gasteiger charge is -2.17. The normalized spacial score (nSPS) is 13.3. The Kier molecular flexibility index (Phi) is 2.44. The first-order chi connectivity index (χ1) is 9.79. The Morgan fingerprint density at radius 2 is 2.15 bits per heavy atom. The van der Waals surface area contributed by atoms with E-state index in [2.05, 4.69) is 34.8 Å². The van der Waals surface area contributed by atoms with Crippen LogP contribution in [0.3, 0.4) is 0 Å². The highest BCUT2D eigenvalue weighted by Gasteiger charge is 2.23. The molecule has 4 rings (SSSR count). The molecule has 0 saturated heterocycles. The summed E-state index contributed by atoms with van der Waals surface area (Å²) in [6, 6.07) is 10.4. The largest absolute Gasteiger partial charge is 0.392 e. The summed E-state index contributed by atoms with van der Waals surface area (Å²) in [7, 11) is 2.11. The van der Waals surface area contributed by atoms with Crippen LogP contribution in [0.5, 0.6) is 0 Å². The molecule has 20 heavy (non-hydrogen) atoms. The van der Waals surface area contributed by atoms with Gasteiger partial charge < -0.3 is 9.67 Å². The predicted molar refractivity (Wildman–Crippen MR) is 79.5 cm³/mol. The number of hydrogen-bond donors (Lipinski definition) is 1. The van der Waals surface area contributed by atoms with E-state index >= 15 is 0 Å². The predicted octanol–water partition coefficient (Wildman–Crippen LogP) is 2.83. The summed E-state index contributed by atoms with van der Waals surface area (Å²) in [5.41, 5.74) is 7.31. The number of hydrogen-bond acceptors (Lipinski definition) is 2. The third-order valence-electron chi connectivity index (χ3n) is 4.31. The van der Waals surface area contributed by atoms with Crippen LogP contribution in [0.15, 0.2) is 36.5 Å². The smallest absolute Gasteiger partial charge is 0.0682 e. The summed E-state index contributed by atoms with van der Waals surface area (Å²) in [5.74, 6) is 0. The van der Waals surface area contributed by atoms with Crippen LogP contribution in [-0.2, 0) is 26.5 Å². The minimum Gasteiger partial charge on any atom is -0.392 e. The van der Waals surface area contributed by atoms with Crippen molar-refractivity contribution in [2.45, 2.75) is 19.4 Å². The van der Waals surface area contributed by atoms with Gasteiger partial charge in [-0.15, -0.1) is 0 Å². The van der Waals surface area contributed by atoms with Crippen molar-refractivity contribution in [3.8, 4) is 11.3 Å². The fourth-order valence-corrected chi connectivity index (χ4v) is 3.36. The molecule has 2 heterocycles. The number of aliphatic hydroxyl groups is 1.